The molecule has 7 heteroatoms. The summed E-state index contributed by atoms with van der Waals surface area (Å²) in [5, 5.41) is 7.09. The molecule has 0 bridgehead atoms. The van der Waals surface area contributed by atoms with E-state index in [9.17, 15) is 0 Å². The number of aromatic nitrogens is 2. The van der Waals surface area contributed by atoms with Gasteiger partial charge in [-0.05, 0) is 42.8 Å². The molecule has 2 aromatic carbocycles. The summed E-state index contributed by atoms with van der Waals surface area (Å²) >= 11 is 6.06. The summed E-state index contributed by atoms with van der Waals surface area (Å²) in [6, 6.07) is 13.1. The van der Waals surface area contributed by atoms with E-state index in [0.29, 0.717) is 22.5 Å². The van der Waals surface area contributed by atoms with Crippen molar-refractivity contribution in [2.24, 2.45) is 0 Å². The topological polar surface area (TPSA) is 68.3 Å². The molecule has 4 rings (SSSR count). The first-order valence-electron chi connectivity index (χ1n) is 7.70. The lowest BCUT2D eigenvalue weighted by atomic mass is 10.2. The van der Waals surface area contributed by atoms with E-state index < -0.39 is 0 Å². The number of hydrogen-bond donors (Lipinski definition) is 2. The van der Waals surface area contributed by atoms with Crippen LogP contribution in [0.1, 0.15) is 5.56 Å². The van der Waals surface area contributed by atoms with Crippen molar-refractivity contribution in [2.45, 2.75) is 6.92 Å². The Hall–Kier alpha value is -2.99. The largest absolute Gasteiger partial charge is 0.454 e. The smallest absolute Gasteiger partial charge is 0.231 e. The summed E-state index contributed by atoms with van der Waals surface area (Å²) < 4.78 is 10.7. The molecule has 2 heterocycles. The highest BCUT2D eigenvalue weighted by Gasteiger charge is 2.13. The lowest BCUT2D eigenvalue weighted by Crippen LogP contribution is -2.01. The van der Waals surface area contributed by atoms with Crippen LogP contribution in [-0.2, 0) is 0 Å². The third-order valence-corrected chi connectivity index (χ3v) is 3.98. The molecule has 0 radical (unpaired) electrons. The minimum absolute atomic E-state index is 0.244. The molecular weight excluding hydrogens is 340 g/mol. The molecule has 0 amide bonds. The predicted octanol–water partition coefficient (Wildman–Crippen LogP) is 4.65. The number of halogens is 1. The van der Waals surface area contributed by atoms with E-state index in [-0.39, 0.29) is 6.79 Å². The quantitative estimate of drug-likeness (QED) is 0.710. The van der Waals surface area contributed by atoms with Gasteiger partial charge in [0.2, 0.25) is 12.7 Å². The van der Waals surface area contributed by atoms with E-state index in [1.54, 1.807) is 12.3 Å². The predicted molar refractivity (Wildman–Crippen MR) is 97.4 cm³/mol. The zero-order valence-corrected chi connectivity index (χ0v) is 14.2. The Balaban J connectivity index is 1.54. The van der Waals surface area contributed by atoms with Crippen LogP contribution in [0.2, 0.25) is 5.02 Å². The Morgan fingerprint density at radius 3 is 2.80 bits per heavy atom. The fourth-order valence-corrected chi connectivity index (χ4v) is 2.63. The van der Waals surface area contributed by atoms with E-state index in [2.05, 4.69) is 20.6 Å². The Morgan fingerprint density at radius 1 is 1.00 bits per heavy atom. The van der Waals surface area contributed by atoms with Gasteiger partial charge in [0.25, 0.3) is 0 Å². The second-order valence-corrected chi connectivity index (χ2v) is 5.98. The van der Waals surface area contributed by atoms with Crippen molar-refractivity contribution in [1.82, 2.24) is 9.97 Å². The van der Waals surface area contributed by atoms with Crippen LogP contribution in [0.4, 0.5) is 23.1 Å². The second kappa shape index (κ2) is 6.49. The van der Waals surface area contributed by atoms with Gasteiger partial charge in [-0.2, -0.15) is 4.98 Å². The first-order valence-corrected chi connectivity index (χ1v) is 8.08. The molecule has 25 heavy (non-hydrogen) atoms. The Morgan fingerprint density at radius 2 is 1.88 bits per heavy atom. The molecule has 0 unspecified atom stereocenters. The van der Waals surface area contributed by atoms with Crippen molar-refractivity contribution < 1.29 is 9.47 Å². The highest BCUT2D eigenvalue weighted by Crippen LogP contribution is 2.34. The zero-order chi connectivity index (χ0) is 17.2. The first-order chi connectivity index (χ1) is 12.2. The number of rotatable bonds is 4. The van der Waals surface area contributed by atoms with Crippen LogP contribution in [0.3, 0.4) is 0 Å². The van der Waals surface area contributed by atoms with Crippen molar-refractivity contribution >= 4 is 34.7 Å². The van der Waals surface area contributed by atoms with Gasteiger partial charge in [-0.25, -0.2) is 4.98 Å². The van der Waals surface area contributed by atoms with Gasteiger partial charge in [0.05, 0.1) is 0 Å². The zero-order valence-electron chi connectivity index (χ0n) is 13.4. The van der Waals surface area contributed by atoms with Crippen molar-refractivity contribution in [2.75, 3.05) is 17.4 Å². The van der Waals surface area contributed by atoms with Crippen molar-refractivity contribution in [3.8, 4) is 11.5 Å². The van der Waals surface area contributed by atoms with Gasteiger partial charge in [-0.15, -0.1) is 0 Å². The molecule has 0 saturated carbocycles. The maximum absolute atomic E-state index is 6.06. The monoisotopic (exact) mass is 354 g/mol. The molecule has 0 saturated heterocycles. The summed E-state index contributed by atoms with van der Waals surface area (Å²) in [7, 11) is 0. The summed E-state index contributed by atoms with van der Waals surface area (Å²) in [5.74, 6) is 2.58. The lowest BCUT2D eigenvalue weighted by Gasteiger charge is -2.11. The SMILES string of the molecule is Cc1ccc(Cl)cc1Nc1ccnc(Nc2ccc3c(c2)OCO3)n1. The lowest BCUT2D eigenvalue weighted by molar-refractivity contribution is 0.174. The van der Waals surface area contributed by atoms with Crippen LogP contribution in [0, 0.1) is 6.92 Å². The molecule has 2 N–H and O–H groups in total. The van der Waals surface area contributed by atoms with E-state index in [0.717, 1.165) is 22.7 Å². The van der Waals surface area contributed by atoms with Crippen LogP contribution >= 0.6 is 11.6 Å². The van der Waals surface area contributed by atoms with E-state index in [1.807, 2.05) is 43.3 Å². The molecule has 1 aromatic heterocycles. The highest BCUT2D eigenvalue weighted by atomic mass is 35.5. The minimum atomic E-state index is 0.244. The first kappa shape index (κ1) is 15.5. The van der Waals surface area contributed by atoms with Gasteiger partial charge in [0.15, 0.2) is 11.5 Å². The average molecular weight is 355 g/mol. The molecule has 0 aliphatic carbocycles. The molecule has 0 fully saturated rings. The molecule has 6 nitrogen and oxygen atoms in total. The number of ether oxygens (including phenoxy) is 2. The van der Waals surface area contributed by atoms with Crippen molar-refractivity contribution in [3.63, 3.8) is 0 Å². The van der Waals surface area contributed by atoms with Gasteiger partial charge < -0.3 is 20.1 Å². The molecule has 0 spiro atoms. The van der Waals surface area contributed by atoms with Gasteiger partial charge in [-0.1, -0.05) is 17.7 Å². The summed E-state index contributed by atoms with van der Waals surface area (Å²) in [6.45, 7) is 2.25. The number of aryl methyl sites for hydroxylation is 1. The van der Waals surface area contributed by atoms with Crippen LogP contribution < -0.4 is 20.1 Å². The molecule has 3 aromatic rings. The van der Waals surface area contributed by atoms with E-state index in [1.165, 1.54) is 0 Å². The number of anilines is 4. The van der Waals surface area contributed by atoms with Crippen LogP contribution in [0.25, 0.3) is 0 Å². The maximum Gasteiger partial charge on any atom is 0.231 e. The minimum Gasteiger partial charge on any atom is -0.454 e. The Bertz CT molecular complexity index is 933. The fourth-order valence-electron chi connectivity index (χ4n) is 2.46. The highest BCUT2D eigenvalue weighted by molar-refractivity contribution is 6.30. The average Bonchev–Trinajstić information content (AvgIpc) is 3.06. The second-order valence-electron chi connectivity index (χ2n) is 5.54. The van der Waals surface area contributed by atoms with E-state index in [4.69, 9.17) is 21.1 Å². The van der Waals surface area contributed by atoms with Crippen LogP contribution in [0.15, 0.2) is 48.7 Å². The Kier molecular flexibility index (Phi) is 4.03. The van der Waals surface area contributed by atoms with E-state index >= 15 is 0 Å². The third-order valence-electron chi connectivity index (χ3n) is 3.75. The number of benzene rings is 2. The van der Waals surface area contributed by atoms with Crippen molar-refractivity contribution in [1.29, 1.82) is 0 Å². The molecule has 1 aliphatic heterocycles. The van der Waals surface area contributed by atoms with Crippen LogP contribution in [0.5, 0.6) is 11.5 Å². The molecular formula is C18H15ClN4O2. The Labute approximate surface area is 149 Å². The fraction of sp³-hybridized carbons (Fsp3) is 0.111. The van der Waals surface area contributed by atoms with Gasteiger partial charge in [0.1, 0.15) is 5.82 Å². The maximum atomic E-state index is 6.06. The molecule has 0 atom stereocenters. The van der Waals surface area contributed by atoms with Gasteiger partial charge in [-0.3, -0.25) is 0 Å². The van der Waals surface area contributed by atoms with Crippen LogP contribution in [-0.4, -0.2) is 16.8 Å². The summed E-state index contributed by atoms with van der Waals surface area (Å²) in [4.78, 5) is 8.73. The standard InChI is InChI=1S/C18H15ClN4O2/c1-11-2-3-12(19)8-14(11)22-17-6-7-20-18(23-17)21-13-4-5-15-16(9-13)25-10-24-15/h2-9H,10H2,1H3,(H2,20,21,22,23). The third kappa shape index (κ3) is 3.44. The van der Waals surface area contributed by atoms with Crippen molar-refractivity contribution in [3.05, 3.63) is 59.2 Å². The molecule has 1 aliphatic rings. The summed E-state index contributed by atoms with van der Waals surface area (Å²) in [6.07, 6.45) is 1.69. The van der Waals surface area contributed by atoms with Gasteiger partial charge in [0, 0.05) is 28.7 Å². The number of nitrogens with one attached hydrogen (secondary N) is 2. The molecule has 126 valence electrons. The normalized spacial score (nSPS) is 12.1. The number of nitrogens with zero attached hydrogens (tertiary/aromatic N) is 2. The van der Waals surface area contributed by atoms with Gasteiger partial charge >= 0.3 is 0 Å². The number of fused-ring (bicyclic) bond motifs is 1. The summed E-state index contributed by atoms with van der Waals surface area (Å²) in [5.41, 5.74) is 2.80. The number of hydrogen-bond acceptors (Lipinski definition) is 6.